The predicted octanol–water partition coefficient (Wildman–Crippen LogP) is 4.20. The number of benzene rings is 2. The van der Waals surface area contributed by atoms with Crippen molar-refractivity contribution in [2.45, 2.75) is 19.4 Å². The standard InChI is InChI=1S/C23H24ClNO5/c1-3-30-18-10-8-15(9-11-18)20-19(21(26)16-6-4-7-17(24)14-16)22(27)23(28)25(20)12-5-13-29-2/h4,6-11,14,20,26H,3,5,12-13H2,1-2H3/b21-19-. The molecule has 30 heavy (non-hydrogen) atoms. The second-order valence-electron chi connectivity index (χ2n) is 6.85. The van der Waals surface area contributed by atoms with Crippen LogP contribution in [0.3, 0.4) is 0 Å². The first-order valence-corrected chi connectivity index (χ1v) is 10.1. The van der Waals surface area contributed by atoms with E-state index in [2.05, 4.69) is 0 Å². The summed E-state index contributed by atoms with van der Waals surface area (Å²) in [7, 11) is 1.58. The van der Waals surface area contributed by atoms with E-state index in [0.717, 1.165) is 0 Å². The monoisotopic (exact) mass is 429 g/mol. The predicted molar refractivity (Wildman–Crippen MR) is 115 cm³/mol. The summed E-state index contributed by atoms with van der Waals surface area (Å²) in [4.78, 5) is 27.2. The molecule has 1 saturated heterocycles. The van der Waals surface area contributed by atoms with Crippen molar-refractivity contribution in [1.82, 2.24) is 4.90 Å². The third kappa shape index (κ3) is 4.50. The minimum Gasteiger partial charge on any atom is -0.507 e. The lowest BCUT2D eigenvalue weighted by molar-refractivity contribution is -0.140. The molecule has 1 unspecified atom stereocenters. The van der Waals surface area contributed by atoms with Gasteiger partial charge in [-0.1, -0.05) is 35.9 Å². The Kier molecular flexibility index (Phi) is 7.13. The van der Waals surface area contributed by atoms with E-state index in [1.807, 2.05) is 6.92 Å². The highest BCUT2D eigenvalue weighted by molar-refractivity contribution is 6.46. The van der Waals surface area contributed by atoms with Gasteiger partial charge in [-0.05, 0) is 43.2 Å². The van der Waals surface area contributed by atoms with Crippen LogP contribution < -0.4 is 4.74 Å². The fourth-order valence-corrected chi connectivity index (χ4v) is 3.73. The molecule has 7 heteroatoms. The smallest absolute Gasteiger partial charge is 0.295 e. The molecule has 1 N–H and O–H groups in total. The second-order valence-corrected chi connectivity index (χ2v) is 7.29. The molecule has 2 aromatic carbocycles. The first-order valence-electron chi connectivity index (χ1n) is 9.74. The van der Waals surface area contributed by atoms with Crippen LogP contribution in [0.1, 0.15) is 30.5 Å². The molecule has 6 nitrogen and oxygen atoms in total. The van der Waals surface area contributed by atoms with Gasteiger partial charge in [-0.2, -0.15) is 0 Å². The maximum Gasteiger partial charge on any atom is 0.295 e. The van der Waals surface area contributed by atoms with Gasteiger partial charge in [0.15, 0.2) is 0 Å². The normalized spacial score (nSPS) is 18.1. The summed E-state index contributed by atoms with van der Waals surface area (Å²) in [6, 6.07) is 13.0. The third-order valence-corrected chi connectivity index (χ3v) is 5.13. The Hall–Kier alpha value is -2.83. The molecule has 3 rings (SSSR count). The lowest BCUT2D eigenvalue weighted by atomic mass is 9.95. The number of aliphatic hydroxyl groups is 1. The van der Waals surface area contributed by atoms with Crippen molar-refractivity contribution in [3.8, 4) is 5.75 Å². The van der Waals surface area contributed by atoms with Gasteiger partial charge in [-0.15, -0.1) is 0 Å². The number of ketones is 1. The number of aliphatic hydroxyl groups excluding tert-OH is 1. The van der Waals surface area contributed by atoms with Gasteiger partial charge in [0.05, 0.1) is 18.2 Å². The highest BCUT2D eigenvalue weighted by Gasteiger charge is 2.45. The molecule has 0 saturated carbocycles. The number of carbonyl (C=O) groups is 2. The van der Waals surface area contributed by atoms with Gasteiger partial charge in [0.2, 0.25) is 0 Å². The van der Waals surface area contributed by atoms with Gasteiger partial charge < -0.3 is 19.5 Å². The summed E-state index contributed by atoms with van der Waals surface area (Å²) >= 11 is 6.05. The molecular weight excluding hydrogens is 406 g/mol. The molecule has 1 aliphatic rings. The van der Waals surface area contributed by atoms with E-state index in [1.54, 1.807) is 55.6 Å². The van der Waals surface area contributed by atoms with Crippen LogP contribution >= 0.6 is 11.6 Å². The van der Waals surface area contributed by atoms with Crippen LogP contribution in [0.25, 0.3) is 5.76 Å². The number of ether oxygens (including phenoxy) is 2. The average molecular weight is 430 g/mol. The number of rotatable bonds is 8. The maximum absolute atomic E-state index is 12.9. The SMILES string of the molecule is CCOc1ccc(C2/C(=C(/O)c3cccc(Cl)c3)C(=O)C(=O)N2CCCOC)cc1. The molecule has 158 valence electrons. The van der Waals surface area contributed by atoms with Gasteiger partial charge in [-0.3, -0.25) is 9.59 Å². The zero-order chi connectivity index (χ0) is 21.7. The molecule has 1 aliphatic heterocycles. The molecule has 0 aromatic heterocycles. The maximum atomic E-state index is 12.9. The van der Waals surface area contributed by atoms with Crippen molar-refractivity contribution < 1.29 is 24.2 Å². The van der Waals surface area contributed by atoms with Gasteiger partial charge in [0, 0.05) is 30.8 Å². The lowest BCUT2D eigenvalue weighted by Crippen LogP contribution is -2.31. The molecule has 2 aromatic rings. The Morgan fingerprint density at radius 2 is 1.90 bits per heavy atom. The van der Waals surface area contributed by atoms with Crippen LogP contribution in [0.15, 0.2) is 54.1 Å². The molecule has 0 bridgehead atoms. The number of hydrogen-bond donors (Lipinski definition) is 1. The summed E-state index contributed by atoms with van der Waals surface area (Å²) in [6.07, 6.45) is 0.564. The minimum absolute atomic E-state index is 0.0452. The Morgan fingerprint density at radius 1 is 1.17 bits per heavy atom. The fraction of sp³-hybridized carbons (Fsp3) is 0.304. The van der Waals surface area contributed by atoms with E-state index in [1.165, 1.54) is 4.90 Å². The summed E-state index contributed by atoms with van der Waals surface area (Å²) in [6.45, 7) is 3.20. The first kappa shape index (κ1) is 21.9. The number of carbonyl (C=O) groups excluding carboxylic acids is 2. The van der Waals surface area contributed by atoms with E-state index in [-0.39, 0.29) is 11.3 Å². The first-order chi connectivity index (χ1) is 14.5. The summed E-state index contributed by atoms with van der Waals surface area (Å²) < 4.78 is 10.6. The average Bonchev–Trinajstić information content (AvgIpc) is 2.99. The number of halogens is 1. The summed E-state index contributed by atoms with van der Waals surface area (Å²) in [5.74, 6) is -0.922. The van der Waals surface area contributed by atoms with Crippen LogP contribution in [0.2, 0.25) is 5.02 Å². The topological polar surface area (TPSA) is 76.1 Å². The van der Waals surface area contributed by atoms with Gasteiger partial charge in [0.25, 0.3) is 11.7 Å². The van der Waals surface area contributed by atoms with Gasteiger partial charge in [0.1, 0.15) is 11.5 Å². The van der Waals surface area contributed by atoms with E-state index in [0.29, 0.717) is 48.1 Å². The number of methoxy groups -OCH3 is 1. The van der Waals surface area contributed by atoms with E-state index in [4.69, 9.17) is 21.1 Å². The quantitative estimate of drug-likeness (QED) is 0.294. The number of hydrogen-bond acceptors (Lipinski definition) is 5. The zero-order valence-corrected chi connectivity index (χ0v) is 17.7. The van der Waals surface area contributed by atoms with Crippen molar-refractivity contribution in [2.75, 3.05) is 26.9 Å². The molecule has 1 heterocycles. The van der Waals surface area contributed by atoms with Crippen molar-refractivity contribution >= 4 is 29.1 Å². The van der Waals surface area contributed by atoms with Crippen molar-refractivity contribution in [2.24, 2.45) is 0 Å². The third-order valence-electron chi connectivity index (χ3n) is 4.89. The van der Waals surface area contributed by atoms with Crippen molar-refractivity contribution in [3.05, 3.63) is 70.3 Å². The van der Waals surface area contributed by atoms with Crippen LogP contribution in [-0.4, -0.2) is 48.6 Å². The molecule has 0 spiro atoms. The van der Waals surface area contributed by atoms with Gasteiger partial charge >= 0.3 is 0 Å². The zero-order valence-electron chi connectivity index (χ0n) is 16.9. The number of Topliss-reactive ketones (excluding diaryl/α,β-unsaturated/α-hetero) is 1. The Labute approximate surface area is 180 Å². The largest absolute Gasteiger partial charge is 0.507 e. The van der Waals surface area contributed by atoms with Crippen LogP contribution in [0.5, 0.6) is 5.75 Å². The minimum atomic E-state index is -0.719. The summed E-state index contributed by atoms with van der Waals surface area (Å²) in [5.41, 5.74) is 1.14. The Morgan fingerprint density at radius 3 is 2.53 bits per heavy atom. The Bertz CT molecular complexity index is 954. The van der Waals surface area contributed by atoms with Crippen LogP contribution in [0.4, 0.5) is 0 Å². The summed E-state index contributed by atoms with van der Waals surface area (Å²) in [5, 5.41) is 11.4. The second kappa shape index (κ2) is 9.78. The van der Waals surface area contributed by atoms with Crippen molar-refractivity contribution in [1.29, 1.82) is 0 Å². The Balaban J connectivity index is 2.09. The molecule has 0 radical (unpaired) electrons. The van der Waals surface area contributed by atoms with Gasteiger partial charge in [-0.25, -0.2) is 0 Å². The lowest BCUT2D eigenvalue weighted by Gasteiger charge is -2.25. The molecule has 1 fully saturated rings. The molecule has 1 atom stereocenters. The van der Waals surface area contributed by atoms with Crippen LogP contribution in [-0.2, 0) is 14.3 Å². The van der Waals surface area contributed by atoms with E-state index < -0.39 is 17.7 Å². The molecular formula is C23H24ClNO5. The molecule has 0 aliphatic carbocycles. The van der Waals surface area contributed by atoms with E-state index in [9.17, 15) is 14.7 Å². The molecule has 1 amide bonds. The highest BCUT2D eigenvalue weighted by Crippen LogP contribution is 2.40. The van der Waals surface area contributed by atoms with Crippen LogP contribution in [0, 0.1) is 0 Å². The van der Waals surface area contributed by atoms with Crippen molar-refractivity contribution in [3.63, 3.8) is 0 Å². The number of amides is 1. The highest BCUT2D eigenvalue weighted by atomic mass is 35.5. The number of likely N-dealkylation sites (tertiary alicyclic amines) is 1. The number of nitrogens with zero attached hydrogens (tertiary/aromatic N) is 1. The van der Waals surface area contributed by atoms with E-state index >= 15 is 0 Å². The fourth-order valence-electron chi connectivity index (χ4n) is 3.54.